The number of nitrogens with one attached hydrogen (secondary N) is 1. The van der Waals surface area contributed by atoms with E-state index in [0.717, 1.165) is 0 Å². The highest BCUT2D eigenvalue weighted by molar-refractivity contribution is 6.32. The first-order valence-corrected chi connectivity index (χ1v) is 7.01. The number of urea groups is 1. The third-order valence-corrected chi connectivity index (χ3v) is 3.76. The molecule has 2 amide bonds. The van der Waals surface area contributed by atoms with E-state index >= 15 is 0 Å². The van der Waals surface area contributed by atoms with Crippen LogP contribution in [0.5, 0.6) is 5.75 Å². The van der Waals surface area contributed by atoms with Crippen molar-refractivity contribution in [1.82, 2.24) is 4.90 Å². The summed E-state index contributed by atoms with van der Waals surface area (Å²) in [4.78, 5) is 24.7. The number of likely N-dealkylation sites (tertiary alicyclic amines) is 1. The fourth-order valence-electron chi connectivity index (χ4n) is 2.31. The Hall–Kier alpha value is -1.95. The van der Waals surface area contributed by atoms with Crippen LogP contribution in [-0.4, -0.2) is 42.2 Å². The van der Waals surface area contributed by atoms with Crippen molar-refractivity contribution in [3.8, 4) is 5.75 Å². The highest BCUT2D eigenvalue weighted by Crippen LogP contribution is 2.27. The number of carbonyl (C=O) groups excluding carboxylic acids is 1. The van der Waals surface area contributed by atoms with Crippen molar-refractivity contribution in [2.24, 2.45) is 5.92 Å². The van der Waals surface area contributed by atoms with Gasteiger partial charge in [-0.25, -0.2) is 4.79 Å². The van der Waals surface area contributed by atoms with Gasteiger partial charge in [-0.1, -0.05) is 11.6 Å². The molecule has 0 radical (unpaired) electrons. The Bertz CT molecular complexity index is 550. The summed E-state index contributed by atoms with van der Waals surface area (Å²) in [5, 5.41) is 12.1. The van der Waals surface area contributed by atoms with Crippen LogP contribution in [0.3, 0.4) is 0 Å². The molecule has 114 valence electrons. The summed E-state index contributed by atoms with van der Waals surface area (Å²) in [6.07, 6.45) is 1.29. The number of carboxylic acid groups (broad SMARTS) is 1. The molecule has 1 aliphatic heterocycles. The van der Waals surface area contributed by atoms with E-state index in [0.29, 0.717) is 35.8 Å². The number of hydrogen-bond acceptors (Lipinski definition) is 3. The molecule has 0 aromatic heterocycles. The minimum atomic E-state index is -0.861. The van der Waals surface area contributed by atoms with Crippen LogP contribution in [0.15, 0.2) is 18.2 Å². The molecule has 0 unspecified atom stereocenters. The molecule has 2 N–H and O–H groups in total. The van der Waals surface area contributed by atoms with E-state index in [1.807, 2.05) is 0 Å². The number of amides is 2. The monoisotopic (exact) mass is 312 g/mol. The highest BCUT2D eigenvalue weighted by atomic mass is 35.5. The molecule has 1 atom stereocenters. The molecular formula is C14H17ClN2O4. The number of nitrogens with zero attached hydrogens (tertiary/aromatic N) is 1. The van der Waals surface area contributed by atoms with E-state index in [4.69, 9.17) is 21.4 Å². The van der Waals surface area contributed by atoms with Crippen molar-refractivity contribution in [3.63, 3.8) is 0 Å². The highest BCUT2D eigenvalue weighted by Gasteiger charge is 2.28. The van der Waals surface area contributed by atoms with Crippen LogP contribution in [0, 0.1) is 5.92 Å². The van der Waals surface area contributed by atoms with Crippen LogP contribution in [0.1, 0.15) is 12.8 Å². The lowest BCUT2D eigenvalue weighted by molar-refractivity contribution is -0.143. The van der Waals surface area contributed by atoms with Crippen molar-refractivity contribution in [2.75, 3.05) is 25.5 Å². The molecule has 6 nitrogen and oxygen atoms in total. The standard InChI is InChI=1S/C14H17ClN2O4/c1-21-12-5-4-10(7-11(12)15)16-14(20)17-6-2-3-9(8-17)13(18)19/h4-5,7,9H,2-3,6,8H2,1H3,(H,16,20)(H,18,19)/t9-/m1/s1. The first kappa shape index (κ1) is 15.4. The van der Waals surface area contributed by atoms with Crippen LogP contribution < -0.4 is 10.1 Å². The lowest BCUT2D eigenvalue weighted by Gasteiger charge is -2.30. The van der Waals surface area contributed by atoms with E-state index in [1.54, 1.807) is 18.2 Å². The van der Waals surface area contributed by atoms with Gasteiger partial charge in [0.1, 0.15) is 5.75 Å². The van der Waals surface area contributed by atoms with Gasteiger partial charge in [0.05, 0.1) is 18.1 Å². The Morgan fingerprint density at radius 2 is 2.24 bits per heavy atom. The normalized spacial score (nSPS) is 18.2. The molecule has 1 saturated heterocycles. The number of hydrogen-bond donors (Lipinski definition) is 2. The zero-order chi connectivity index (χ0) is 15.4. The Labute approximate surface area is 127 Å². The third kappa shape index (κ3) is 3.78. The van der Waals surface area contributed by atoms with Gasteiger partial charge in [-0.15, -0.1) is 0 Å². The number of carboxylic acids is 1. The second kappa shape index (κ2) is 6.67. The second-order valence-corrected chi connectivity index (χ2v) is 5.31. The molecule has 0 bridgehead atoms. The maximum Gasteiger partial charge on any atom is 0.321 e. The number of benzene rings is 1. The largest absolute Gasteiger partial charge is 0.495 e. The van der Waals surface area contributed by atoms with E-state index in [-0.39, 0.29) is 12.6 Å². The number of methoxy groups -OCH3 is 1. The molecular weight excluding hydrogens is 296 g/mol. The Kier molecular flexibility index (Phi) is 4.90. The Balaban J connectivity index is 2.00. The van der Waals surface area contributed by atoms with E-state index < -0.39 is 11.9 Å². The summed E-state index contributed by atoms with van der Waals surface area (Å²) in [5.41, 5.74) is 0.545. The van der Waals surface area contributed by atoms with Gasteiger partial charge in [0.25, 0.3) is 0 Å². The summed E-state index contributed by atoms with van der Waals surface area (Å²) < 4.78 is 5.04. The maximum absolute atomic E-state index is 12.1. The number of aliphatic carboxylic acids is 1. The van der Waals surface area contributed by atoms with Crippen LogP contribution in [0.4, 0.5) is 10.5 Å². The molecule has 1 fully saturated rings. The molecule has 0 aliphatic carbocycles. The smallest absolute Gasteiger partial charge is 0.321 e. The Morgan fingerprint density at radius 3 is 2.86 bits per heavy atom. The summed E-state index contributed by atoms with van der Waals surface area (Å²) >= 11 is 6.00. The molecule has 21 heavy (non-hydrogen) atoms. The predicted molar refractivity (Wildman–Crippen MR) is 79.0 cm³/mol. The lowest BCUT2D eigenvalue weighted by atomic mass is 9.99. The number of rotatable bonds is 3. The minimum Gasteiger partial charge on any atom is -0.495 e. The van der Waals surface area contributed by atoms with Crippen molar-refractivity contribution >= 4 is 29.3 Å². The summed E-state index contributed by atoms with van der Waals surface area (Å²) in [5.74, 6) is -0.831. The number of piperidine rings is 1. The van der Waals surface area contributed by atoms with Gasteiger partial charge in [0.15, 0.2) is 0 Å². The van der Waals surface area contributed by atoms with Crippen LogP contribution in [0.25, 0.3) is 0 Å². The number of carbonyl (C=O) groups is 2. The summed E-state index contributed by atoms with van der Waals surface area (Å²) in [6, 6.07) is 4.62. The molecule has 1 aromatic rings. The van der Waals surface area contributed by atoms with E-state index in [9.17, 15) is 9.59 Å². The van der Waals surface area contributed by atoms with Crippen LogP contribution in [-0.2, 0) is 4.79 Å². The average molecular weight is 313 g/mol. The van der Waals surface area contributed by atoms with Crippen LogP contribution >= 0.6 is 11.6 Å². The molecule has 1 aliphatic rings. The molecule has 7 heteroatoms. The fraction of sp³-hybridized carbons (Fsp3) is 0.429. The lowest BCUT2D eigenvalue weighted by Crippen LogP contribution is -2.44. The molecule has 1 heterocycles. The van der Waals surface area contributed by atoms with Gasteiger partial charge in [0.2, 0.25) is 0 Å². The fourth-order valence-corrected chi connectivity index (χ4v) is 2.57. The van der Waals surface area contributed by atoms with E-state index in [2.05, 4.69) is 5.32 Å². The molecule has 0 spiro atoms. The first-order chi connectivity index (χ1) is 10.0. The quantitative estimate of drug-likeness (QED) is 0.899. The number of anilines is 1. The van der Waals surface area contributed by atoms with Gasteiger partial charge in [0, 0.05) is 18.8 Å². The van der Waals surface area contributed by atoms with Gasteiger partial charge in [-0.05, 0) is 31.0 Å². The van der Waals surface area contributed by atoms with E-state index in [1.165, 1.54) is 12.0 Å². The second-order valence-electron chi connectivity index (χ2n) is 4.90. The topological polar surface area (TPSA) is 78.9 Å². The third-order valence-electron chi connectivity index (χ3n) is 3.46. The molecule has 0 saturated carbocycles. The predicted octanol–water partition coefficient (Wildman–Crippen LogP) is 2.68. The van der Waals surface area contributed by atoms with Crippen molar-refractivity contribution < 1.29 is 19.4 Å². The van der Waals surface area contributed by atoms with Crippen LogP contribution in [0.2, 0.25) is 5.02 Å². The van der Waals surface area contributed by atoms with Crippen molar-refractivity contribution in [3.05, 3.63) is 23.2 Å². The zero-order valence-corrected chi connectivity index (χ0v) is 12.4. The van der Waals surface area contributed by atoms with Gasteiger partial charge < -0.3 is 20.1 Å². The molecule has 2 rings (SSSR count). The van der Waals surface area contributed by atoms with Gasteiger partial charge >= 0.3 is 12.0 Å². The Morgan fingerprint density at radius 1 is 1.48 bits per heavy atom. The average Bonchev–Trinajstić information content (AvgIpc) is 2.47. The number of halogens is 1. The van der Waals surface area contributed by atoms with Gasteiger partial charge in [-0.3, -0.25) is 4.79 Å². The summed E-state index contributed by atoms with van der Waals surface area (Å²) in [7, 11) is 1.51. The zero-order valence-electron chi connectivity index (χ0n) is 11.6. The van der Waals surface area contributed by atoms with Crippen molar-refractivity contribution in [2.45, 2.75) is 12.8 Å². The SMILES string of the molecule is COc1ccc(NC(=O)N2CCC[C@@H](C(=O)O)C2)cc1Cl. The summed E-state index contributed by atoms with van der Waals surface area (Å²) in [6.45, 7) is 0.782. The number of ether oxygens (including phenoxy) is 1. The molecule has 1 aromatic carbocycles. The minimum absolute atomic E-state index is 0.227. The van der Waals surface area contributed by atoms with Gasteiger partial charge in [-0.2, -0.15) is 0 Å². The first-order valence-electron chi connectivity index (χ1n) is 6.63. The maximum atomic E-state index is 12.1. The van der Waals surface area contributed by atoms with Crippen molar-refractivity contribution in [1.29, 1.82) is 0 Å².